The fraction of sp³-hybridized carbons (Fsp3) is 0.174. The molecule has 160 valence electrons. The summed E-state index contributed by atoms with van der Waals surface area (Å²) in [5, 5.41) is 6.58. The third-order valence-electron chi connectivity index (χ3n) is 4.97. The Morgan fingerprint density at radius 3 is 2.23 bits per heavy atom. The normalized spacial score (nSPS) is 12.9. The van der Waals surface area contributed by atoms with Crippen molar-refractivity contribution in [3.05, 3.63) is 78.4 Å². The molecule has 0 saturated heterocycles. The maximum absolute atomic E-state index is 13.1. The van der Waals surface area contributed by atoms with Gasteiger partial charge in [0.25, 0.3) is 10.0 Å². The number of fused-ring (bicyclic) bond motifs is 1. The van der Waals surface area contributed by atoms with Gasteiger partial charge in [0.15, 0.2) is 5.11 Å². The number of nitrogens with zero attached hydrogens (tertiary/aromatic N) is 1. The number of anilines is 3. The highest BCUT2D eigenvalue weighted by Crippen LogP contribution is 2.32. The highest BCUT2D eigenvalue weighted by molar-refractivity contribution is 7.92. The zero-order chi connectivity index (χ0) is 21.8. The van der Waals surface area contributed by atoms with E-state index in [9.17, 15) is 8.42 Å². The predicted molar refractivity (Wildman–Crippen MR) is 129 cm³/mol. The van der Waals surface area contributed by atoms with Crippen molar-refractivity contribution >= 4 is 44.4 Å². The molecular formula is C23H23N3O3S2. The van der Waals surface area contributed by atoms with E-state index in [0.717, 1.165) is 29.1 Å². The van der Waals surface area contributed by atoms with Gasteiger partial charge < -0.3 is 15.4 Å². The summed E-state index contributed by atoms with van der Waals surface area (Å²) in [5.74, 6) is 0.796. The first-order valence-corrected chi connectivity index (χ1v) is 11.8. The van der Waals surface area contributed by atoms with Crippen LogP contribution in [-0.4, -0.2) is 26.7 Å². The molecule has 0 radical (unpaired) electrons. The van der Waals surface area contributed by atoms with Crippen molar-refractivity contribution in [2.45, 2.75) is 18.2 Å². The number of ether oxygens (including phenoxy) is 1. The van der Waals surface area contributed by atoms with Crippen molar-refractivity contribution in [2.24, 2.45) is 0 Å². The van der Waals surface area contributed by atoms with Gasteiger partial charge in [-0.2, -0.15) is 0 Å². The van der Waals surface area contributed by atoms with Gasteiger partial charge in [0.1, 0.15) is 5.75 Å². The maximum atomic E-state index is 13.1. The molecule has 6 nitrogen and oxygen atoms in total. The van der Waals surface area contributed by atoms with Crippen LogP contribution in [0, 0.1) is 0 Å². The molecule has 0 spiro atoms. The van der Waals surface area contributed by atoms with E-state index in [1.807, 2.05) is 55.5 Å². The number of rotatable bonds is 6. The fourth-order valence-corrected chi connectivity index (χ4v) is 5.23. The zero-order valence-corrected chi connectivity index (χ0v) is 18.7. The molecule has 4 rings (SSSR count). The first-order chi connectivity index (χ1) is 15.0. The predicted octanol–water partition coefficient (Wildman–Crippen LogP) is 4.65. The van der Waals surface area contributed by atoms with Crippen LogP contribution in [-0.2, 0) is 16.4 Å². The van der Waals surface area contributed by atoms with Crippen LogP contribution in [0.2, 0.25) is 0 Å². The molecule has 1 heterocycles. The summed E-state index contributed by atoms with van der Waals surface area (Å²) < 4.78 is 33.1. The molecule has 0 atom stereocenters. The Morgan fingerprint density at radius 2 is 1.58 bits per heavy atom. The van der Waals surface area contributed by atoms with Gasteiger partial charge in [0.2, 0.25) is 0 Å². The number of benzene rings is 3. The summed E-state index contributed by atoms with van der Waals surface area (Å²) in [7, 11) is -3.61. The van der Waals surface area contributed by atoms with E-state index >= 15 is 0 Å². The Bertz CT molecular complexity index is 1180. The van der Waals surface area contributed by atoms with Crippen LogP contribution >= 0.6 is 12.2 Å². The maximum Gasteiger partial charge on any atom is 0.264 e. The Balaban J connectivity index is 1.41. The van der Waals surface area contributed by atoms with Crippen LogP contribution in [0.3, 0.4) is 0 Å². The summed E-state index contributed by atoms with van der Waals surface area (Å²) in [6.07, 6.45) is 0.723. The lowest BCUT2D eigenvalue weighted by Crippen LogP contribution is -2.29. The largest absolute Gasteiger partial charge is 0.494 e. The summed E-state index contributed by atoms with van der Waals surface area (Å²) in [5.41, 5.74) is 3.33. The monoisotopic (exact) mass is 453 g/mol. The topological polar surface area (TPSA) is 70.7 Å². The molecule has 0 fully saturated rings. The minimum atomic E-state index is -3.61. The second-order valence-electron chi connectivity index (χ2n) is 7.02. The van der Waals surface area contributed by atoms with Gasteiger partial charge in [-0.05, 0) is 85.7 Å². The average molecular weight is 454 g/mol. The standard InChI is InChI=1S/C23H23N3O3S2/c1-2-29-20-11-7-18(8-12-20)24-23(30)25-19-9-13-21(14-10-19)31(27,28)26-16-15-17-5-3-4-6-22(17)26/h3-14H,2,15-16H2,1H3,(H2,24,25,30). The lowest BCUT2D eigenvalue weighted by Gasteiger charge is -2.20. The van der Waals surface area contributed by atoms with Crippen LogP contribution in [0.5, 0.6) is 5.75 Å². The van der Waals surface area contributed by atoms with E-state index in [2.05, 4.69) is 10.6 Å². The van der Waals surface area contributed by atoms with Crippen LogP contribution in [0.25, 0.3) is 0 Å². The lowest BCUT2D eigenvalue weighted by atomic mass is 10.2. The number of hydrogen-bond acceptors (Lipinski definition) is 4. The minimum Gasteiger partial charge on any atom is -0.494 e. The SMILES string of the molecule is CCOc1ccc(NC(=S)Nc2ccc(S(=O)(=O)N3CCc4ccccc43)cc2)cc1. The molecule has 1 aliphatic heterocycles. The van der Waals surface area contributed by atoms with Crippen LogP contribution < -0.4 is 19.7 Å². The summed E-state index contributed by atoms with van der Waals surface area (Å²) in [4.78, 5) is 0.250. The molecule has 0 amide bonds. The highest BCUT2D eigenvalue weighted by atomic mass is 32.2. The van der Waals surface area contributed by atoms with Gasteiger partial charge in [-0.25, -0.2) is 8.42 Å². The first-order valence-electron chi connectivity index (χ1n) is 9.99. The number of sulfonamides is 1. The lowest BCUT2D eigenvalue weighted by molar-refractivity contribution is 0.340. The van der Waals surface area contributed by atoms with Gasteiger partial charge in [-0.1, -0.05) is 18.2 Å². The van der Waals surface area contributed by atoms with Gasteiger partial charge in [-0.15, -0.1) is 0 Å². The Morgan fingerprint density at radius 1 is 0.968 bits per heavy atom. The van der Waals surface area contributed by atoms with Crippen molar-refractivity contribution in [1.29, 1.82) is 0 Å². The van der Waals surface area contributed by atoms with Crippen LogP contribution in [0.4, 0.5) is 17.1 Å². The third kappa shape index (κ3) is 4.65. The Labute approximate surface area is 187 Å². The molecule has 31 heavy (non-hydrogen) atoms. The van der Waals surface area contributed by atoms with Crippen molar-refractivity contribution in [3.8, 4) is 5.75 Å². The molecule has 2 N–H and O–H groups in total. The van der Waals surface area contributed by atoms with E-state index in [-0.39, 0.29) is 4.90 Å². The van der Waals surface area contributed by atoms with E-state index in [0.29, 0.717) is 24.0 Å². The molecule has 3 aromatic carbocycles. The van der Waals surface area contributed by atoms with E-state index < -0.39 is 10.0 Å². The molecule has 0 bridgehead atoms. The molecule has 3 aromatic rings. The number of nitrogens with one attached hydrogen (secondary N) is 2. The van der Waals surface area contributed by atoms with Gasteiger partial charge in [0, 0.05) is 17.9 Å². The molecular weight excluding hydrogens is 430 g/mol. The Kier molecular flexibility index (Phi) is 6.11. The molecule has 0 aromatic heterocycles. The summed E-state index contributed by atoms with van der Waals surface area (Å²) >= 11 is 5.36. The zero-order valence-electron chi connectivity index (χ0n) is 17.0. The van der Waals surface area contributed by atoms with Crippen molar-refractivity contribution in [1.82, 2.24) is 0 Å². The molecule has 1 aliphatic rings. The van der Waals surface area contributed by atoms with Crippen molar-refractivity contribution in [2.75, 3.05) is 28.1 Å². The second kappa shape index (κ2) is 8.95. The van der Waals surface area contributed by atoms with E-state index in [4.69, 9.17) is 17.0 Å². The van der Waals surface area contributed by atoms with Crippen molar-refractivity contribution < 1.29 is 13.2 Å². The molecule has 0 saturated carbocycles. The van der Waals surface area contributed by atoms with Gasteiger partial charge >= 0.3 is 0 Å². The third-order valence-corrected chi connectivity index (χ3v) is 7.00. The fourth-order valence-electron chi connectivity index (χ4n) is 3.49. The van der Waals surface area contributed by atoms with Crippen LogP contribution in [0.1, 0.15) is 12.5 Å². The summed E-state index contributed by atoms with van der Waals surface area (Å²) in [6.45, 7) is 3.01. The summed E-state index contributed by atoms with van der Waals surface area (Å²) in [6, 6.07) is 21.7. The number of para-hydroxylation sites is 1. The highest BCUT2D eigenvalue weighted by Gasteiger charge is 2.30. The number of thiocarbonyl (C=S) groups is 1. The van der Waals surface area contributed by atoms with Gasteiger partial charge in [0.05, 0.1) is 17.2 Å². The Hall–Kier alpha value is -3.10. The molecule has 0 unspecified atom stereocenters. The molecule has 8 heteroatoms. The average Bonchev–Trinajstić information content (AvgIpc) is 3.21. The van der Waals surface area contributed by atoms with E-state index in [1.54, 1.807) is 24.3 Å². The second-order valence-corrected chi connectivity index (χ2v) is 9.29. The first kappa shape index (κ1) is 21.1. The minimum absolute atomic E-state index is 0.250. The van der Waals surface area contributed by atoms with Gasteiger partial charge in [-0.3, -0.25) is 4.31 Å². The van der Waals surface area contributed by atoms with Crippen molar-refractivity contribution in [3.63, 3.8) is 0 Å². The van der Waals surface area contributed by atoms with E-state index in [1.165, 1.54) is 4.31 Å². The smallest absolute Gasteiger partial charge is 0.264 e. The number of hydrogen-bond donors (Lipinski definition) is 2. The molecule has 0 aliphatic carbocycles. The van der Waals surface area contributed by atoms with Crippen LogP contribution in [0.15, 0.2) is 77.7 Å². The quantitative estimate of drug-likeness (QED) is 0.530.